The van der Waals surface area contributed by atoms with Gasteiger partial charge in [-0.3, -0.25) is 9.69 Å². The van der Waals surface area contributed by atoms with E-state index in [4.69, 9.17) is 4.52 Å². The van der Waals surface area contributed by atoms with E-state index < -0.39 is 0 Å². The normalized spacial score (nSPS) is 15.9. The van der Waals surface area contributed by atoms with Crippen molar-refractivity contribution in [3.05, 3.63) is 52.7 Å². The fraction of sp³-hybridized carbons (Fsp3) is 0.500. The highest BCUT2D eigenvalue weighted by molar-refractivity contribution is 5.76. The molecule has 1 aromatic carbocycles. The Bertz CT molecular complexity index is 723. The molecule has 2 heterocycles. The molecule has 0 N–H and O–H groups in total. The van der Waals surface area contributed by atoms with Crippen molar-refractivity contribution in [3.63, 3.8) is 0 Å². The number of hydrogen-bond donors (Lipinski definition) is 0. The van der Waals surface area contributed by atoms with Gasteiger partial charge < -0.3 is 9.42 Å². The summed E-state index contributed by atoms with van der Waals surface area (Å²) in [7, 11) is 0. The first-order valence-corrected chi connectivity index (χ1v) is 9.19. The fourth-order valence-electron chi connectivity index (χ4n) is 3.48. The Morgan fingerprint density at radius 3 is 2.62 bits per heavy atom. The number of aromatic nitrogens is 1. The molecule has 2 aromatic rings. The Morgan fingerprint density at radius 1 is 1.15 bits per heavy atom. The molecule has 3 rings (SSSR count). The molecule has 0 radical (unpaired) electrons. The van der Waals surface area contributed by atoms with Crippen LogP contribution >= 0.6 is 0 Å². The average Bonchev–Trinajstić information content (AvgIpc) is 2.82. The van der Waals surface area contributed by atoms with Gasteiger partial charge in [0, 0.05) is 44.7 Å². The molecule has 1 fully saturated rings. The summed E-state index contributed by atoms with van der Waals surface area (Å²) in [5, 5.41) is 3.95. The van der Waals surface area contributed by atoms with E-state index in [1.807, 2.05) is 30.9 Å². The molecule has 0 unspecified atom stereocenters. The van der Waals surface area contributed by atoms with E-state index in [0.29, 0.717) is 12.8 Å². The fourth-order valence-corrected chi connectivity index (χ4v) is 3.48. The Labute approximate surface area is 153 Å². The van der Waals surface area contributed by atoms with E-state index in [9.17, 15) is 9.18 Å². The monoisotopic (exact) mass is 359 g/mol. The lowest BCUT2D eigenvalue weighted by Gasteiger charge is -2.22. The lowest BCUT2D eigenvalue weighted by molar-refractivity contribution is -0.131. The predicted molar refractivity (Wildman–Crippen MR) is 97.2 cm³/mol. The number of benzene rings is 1. The third-order valence-electron chi connectivity index (χ3n) is 5.03. The lowest BCUT2D eigenvalue weighted by atomic mass is 10.1. The van der Waals surface area contributed by atoms with Crippen molar-refractivity contribution in [3.8, 4) is 0 Å². The van der Waals surface area contributed by atoms with Gasteiger partial charge in [-0.25, -0.2) is 4.39 Å². The number of rotatable bonds is 5. The van der Waals surface area contributed by atoms with Gasteiger partial charge in [0.25, 0.3) is 0 Å². The molecule has 1 aliphatic rings. The zero-order chi connectivity index (χ0) is 18.5. The van der Waals surface area contributed by atoms with Gasteiger partial charge in [0.05, 0.1) is 5.69 Å². The molecule has 0 bridgehead atoms. The van der Waals surface area contributed by atoms with Crippen LogP contribution in [0.3, 0.4) is 0 Å². The molecule has 0 aliphatic carbocycles. The van der Waals surface area contributed by atoms with Crippen LogP contribution in [0.5, 0.6) is 0 Å². The molecular formula is C20H26FN3O2. The van der Waals surface area contributed by atoms with Gasteiger partial charge in [-0.2, -0.15) is 0 Å². The van der Waals surface area contributed by atoms with E-state index in [2.05, 4.69) is 10.1 Å². The van der Waals surface area contributed by atoms with Crippen molar-refractivity contribution >= 4 is 5.91 Å². The number of amides is 1. The second-order valence-electron chi connectivity index (χ2n) is 6.94. The number of carbonyl (C=O) groups excluding carboxylic acids is 1. The highest BCUT2D eigenvalue weighted by atomic mass is 19.1. The van der Waals surface area contributed by atoms with Crippen LogP contribution in [-0.4, -0.2) is 47.0 Å². The molecule has 140 valence electrons. The number of nitrogens with zero attached hydrogens (tertiary/aromatic N) is 3. The Kier molecular flexibility index (Phi) is 6.04. The van der Waals surface area contributed by atoms with Crippen LogP contribution in [-0.2, 0) is 17.8 Å². The quantitative estimate of drug-likeness (QED) is 0.823. The van der Waals surface area contributed by atoms with Crippen LogP contribution in [0.15, 0.2) is 28.8 Å². The maximum atomic E-state index is 13.0. The van der Waals surface area contributed by atoms with Crippen LogP contribution in [0.4, 0.5) is 4.39 Å². The van der Waals surface area contributed by atoms with Gasteiger partial charge in [-0.1, -0.05) is 17.3 Å². The summed E-state index contributed by atoms with van der Waals surface area (Å²) in [6.45, 7) is 7.91. The van der Waals surface area contributed by atoms with Gasteiger partial charge in [0.1, 0.15) is 11.6 Å². The van der Waals surface area contributed by atoms with Gasteiger partial charge in [0.15, 0.2) is 0 Å². The average molecular weight is 359 g/mol. The van der Waals surface area contributed by atoms with Crippen molar-refractivity contribution in [1.82, 2.24) is 15.0 Å². The minimum atomic E-state index is -0.209. The second-order valence-corrected chi connectivity index (χ2v) is 6.94. The van der Waals surface area contributed by atoms with Gasteiger partial charge in [-0.05, 0) is 44.4 Å². The van der Waals surface area contributed by atoms with Crippen LogP contribution in [0.2, 0.25) is 0 Å². The van der Waals surface area contributed by atoms with Crippen LogP contribution < -0.4 is 0 Å². The summed E-state index contributed by atoms with van der Waals surface area (Å²) >= 11 is 0. The number of hydrogen-bond acceptors (Lipinski definition) is 4. The molecule has 1 aromatic heterocycles. The Morgan fingerprint density at radius 2 is 1.92 bits per heavy atom. The molecule has 1 saturated heterocycles. The summed E-state index contributed by atoms with van der Waals surface area (Å²) in [6, 6.07) is 6.65. The van der Waals surface area contributed by atoms with Crippen molar-refractivity contribution in [2.24, 2.45) is 0 Å². The summed E-state index contributed by atoms with van der Waals surface area (Å²) in [4.78, 5) is 16.9. The Hall–Kier alpha value is -2.21. The summed E-state index contributed by atoms with van der Waals surface area (Å²) < 4.78 is 18.2. The number of aryl methyl sites for hydroxylation is 2. The standard InChI is InChI=1S/C20H26FN3O2/c1-15-19(16(2)26-22-15)8-9-20(25)24-11-3-10-23(12-13-24)14-17-4-6-18(21)7-5-17/h4-7H,3,8-14H2,1-2H3. The molecule has 1 amide bonds. The van der Waals surface area contributed by atoms with E-state index in [1.54, 1.807) is 0 Å². The smallest absolute Gasteiger partial charge is 0.222 e. The van der Waals surface area contributed by atoms with Crippen molar-refractivity contribution < 1.29 is 13.7 Å². The molecule has 1 aliphatic heterocycles. The summed E-state index contributed by atoms with van der Waals surface area (Å²) in [5.74, 6) is 0.782. The van der Waals surface area contributed by atoms with Crippen LogP contribution in [0.1, 0.15) is 35.4 Å². The first kappa shape index (κ1) is 18.6. The zero-order valence-corrected chi connectivity index (χ0v) is 15.5. The van der Waals surface area contributed by atoms with Crippen LogP contribution in [0, 0.1) is 19.7 Å². The summed E-state index contributed by atoms with van der Waals surface area (Å²) in [5.41, 5.74) is 3.02. The van der Waals surface area contributed by atoms with Crippen molar-refractivity contribution in [2.75, 3.05) is 26.2 Å². The first-order valence-electron chi connectivity index (χ1n) is 9.19. The SMILES string of the molecule is Cc1noc(C)c1CCC(=O)N1CCCN(Cc2ccc(F)cc2)CC1. The molecule has 26 heavy (non-hydrogen) atoms. The molecule has 0 saturated carbocycles. The van der Waals surface area contributed by atoms with Gasteiger partial charge >= 0.3 is 0 Å². The van der Waals surface area contributed by atoms with E-state index in [-0.39, 0.29) is 11.7 Å². The molecular weight excluding hydrogens is 333 g/mol. The topological polar surface area (TPSA) is 49.6 Å². The van der Waals surface area contributed by atoms with Gasteiger partial charge in [0.2, 0.25) is 5.91 Å². The molecule has 0 atom stereocenters. The third kappa shape index (κ3) is 4.69. The molecule has 5 nitrogen and oxygen atoms in total. The minimum absolute atomic E-state index is 0.189. The number of carbonyl (C=O) groups is 1. The van der Waals surface area contributed by atoms with Crippen molar-refractivity contribution in [1.29, 1.82) is 0 Å². The van der Waals surface area contributed by atoms with Crippen molar-refractivity contribution in [2.45, 2.75) is 39.7 Å². The minimum Gasteiger partial charge on any atom is -0.361 e. The highest BCUT2D eigenvalue weighted by Gasteiger charge is 2.20. The van der Waals surface area contributed by atoms with E-state index >= 15 is 0 Å². The highest BCUT2D eigenvalue weighted by Crippen LogP contribution is 2.16. The van der Waals surface area contributed by atoms with E-state index in [0.717, 1.165) is 61.7 Å². The first-order chi connectivity index (χ1) is 12.5. The zero-order valence-electron chi connectivity index (χ0n) is 15.5. The second kappa shape index (κ2) is 8.45. The maximum Gasteiger partial charge on any atom is 0.222 e. The Balaban J connectivity index is 1.49. The molecule has 0 spiro atoms. The largest absolute Gasteiger partial charge is 0.361 e. The third-order valence-corrected chi connectivity index (χ3v) is 5.03. The van der Waals surface area contributed by atoms with Crippen LogP contribution in [0.25, 0.3) is 0 Å². The lowest BCUT2D eigenvalue weighted by Crippen LogP contribution is -2.35. The predicted octanol–water partition coefficient (Wildman–Crippen LogP) is 3.10. The summed E-state index contributed by atoms with van der Waals surface area (Å²) in [6.07, 6.45) is 2.12. The molecule has 6 heteroatoms. The maximum absolute atomic E-state index is 13.0. The number of halogens is 1. The van der Waals surface area contributed by atoms with E-state index in [1.165, 1.54) is 12.1 Å². The van der Waals surface area contributed by atoms with Gasteiger partial charge in [-0.15, -0.1) is 0 Å².